The molecule has 0 N–H and O–H groups in total. The van der Waals surface area contributed by atoms with Crippen LogP contribution in [0.15, 0.2) is 24.3 Å². The van der Waals surface area contributed by atoms with E-state index in [1.807, 2.05) is 34.6 Å². The summed E-state index contributed by atoms with van der Waals surface area (Å²) in [6.45, 7) is 5.90. The standard InChI is InChI=1S/C22H25ClN6O3S/c1-14-24-21(28-10-8-27(9-11-28)15(2)30)19-22(25-14)29(16-7-12-33(31,32)13-16)20(26-19)17-5-3-4-6-18(17)23/h3-6,16H,7-13H2,1-2H3. The number of carbonyl (C=O) groups is 1. The number of hydrogen-bond donors (Lipinski definition) is 0. The van der Waals surface area contributed by atoms with E-state index in [1.54, 1.807) is 13.0 Å². The van der Waals surface area contributed by atoms with Gasteiger partial charge in [-0.2, -0.15) is 0 Å². The first-order chi connectivity index (χ1) is 15.7. The lowest BCUT2D eigenvalue weighted by atomic mass is 10.2. The van der Waals surface area contributed by atoms with Gasteiger partial charge in [0.2, 0.25) is 5.91 Å². The molecule has 1 amide bonds. The van der Waals surface area contributed by atoms with E-state index < -0.39 is 9.84 Å². The number of aryl methyl sites for hydroxylation is 1. The Morgan fingerprint density at radius 2 is 1.82 bits per heavy atom. The molecule has 0 spiro atoms. The smallest absolute Gasteiger partial charge is 0.219 e. The molecule has 1 aromatic carbocycles. The summed E-state index contributed by atoms with van der Waals surface area (Å²) in [6.07, 6.45) is 0.501. The monoisotopic (exact) mass is 488 g/mol. The zero-order valence-electron chi connectivity index (χ0n) is 18.5. The topological polar surface area (TPSA) is 101 Å². The Morgan fingerprint density at radius 1 is 1.09 bits per heavy atom. The van der Waals surface area contributed by atoms with Crippen molar-refractivity contribution in [2.75, 3.05) is 42.6 Å². The number of sulfone groups is 1. The lowest BCUT2D eigenvalue weighted by molar-refractivity contribution is -0.129. The zero-order valence-corrected chi connectivity index (χ0v) is 20.1. The molecule has 2 aromatic heterocycles. The zero-order chi connectivity index (χ0) is 23.3. The molecule has 174 valence electrons. The third-order valence-corrected chi connectivity index (χ3v) is 8.43. The van der Waals surface area contributed by atoms with Crippen LogP contribution in [0.25, 0.3) is 22.6 Å². The van der Waals surface area contributed by atoms with Gasteiger partial charge in [0.1, 0.15) is 11.6 Å². The third-order valence-electron chi connectivity index (χ3n) is 6.35. The Hall–Kier alpha value is -2.72. The summed E-state index contributed by atoms with van der Waals surface area (Å²) in [5.74, 6) is 2.13. The van der Waals surface area contributed by atoms with Crippen molar-refractivity contribution in [1.29, 1.82) is 0 Å². The average molecular weight is 489 g/mol. The SMILES string of the molecule is CC(=O)N1CCN(c2nc(C)nc3c2nc(-c2ccccc2Cl)n3C2CCS(=O)(=O)C2)CC1. The molecule has 2 aliphatic rings. The summed E-state index contributed by atoms with van der Waals surface area (Å²) >= 11 is 6.53. The van der Waals surface area contributed by atoms with E-state index in [1.165, 1.54) is 0 Å². The highest BCUT2D eigenvalue weighted by atomic mass is 35.5. The van der Waals surface area contributed by atoms with E-state index in [-0.39, 0.29) is 23.5 Å². The number of carbonyl (C=O) groups excluding carboxylic acids is 1. The Balaban J connectivity index is 1.68. The number of nitrogens with zero attached hydrogens (tertiary/aromatic N) is 6. The molecule has 2 saturated heterocycles. The number of halogens is 1. The molecule has 1 atom stereocenters. The highest BCUT2D eigenvalue weighted by Crippen LogP contribution is 2.37. The Bertz CT molecular complexity index is 1350. The number of amides is 1. The van der Waals surface area contributed by atoms with Crippen molar-refractivity contribution < 1.29 is 13.2 Å². The van der Waals surface area contributed by atoms with E-state index in [0.29, 0.717) is 66.3 Å². The molecule has 2 aliphatic heterocycles. The van der Waals surface area contributed by atoms with Crippen LogP contribution < -0.4 is 4.90 Å². The number of hydrogen-bond acceptors (Lipinski definition) is 7. The quantitative estimate of drug-likeness (QED) is 0.558. The van der Waals surface area contributed by atoms with Crippen molar-refractivity contribution in [1.82, 2.24) is 24.4 Å². The van der Waals surface area contributed by atoms with Crippen molar-refractivity contribution in [2.45, 2.75) is 26.3 Å². The molecule has 2 fully saturated rings. The second kappa shape index (κ2) is 8.25. The van der Waals surface area contributed by atoms with Gasteiger partial charge in [-0.05, 0) is 25.5 Å². The van der Waals surface area contributed by atoms with E-state index >= 15 is 0 Å². The van der Waals surface area contributed by atoms with Gasteiger partial charge in [-0.25, -0.2) is 23.4 Å². The number of piperazine rings is 1. The molecular weight excluding hydrogens is 464 g/mol. The van der Waals surface area contributed by atoms with Crippen LogP contribution in [-0.2, 0) is 14.6 Å². The number of benzene rings is 1. The van der Waals surface area contributed by atoms with Crippen LogP contribution in [0, 0.1) is 6.92 Å². The van der Waals surface area contributed by atoms with Crippen molar-refractivity contribution in [3.05, 3.63) is 35.1 Å². The van der Waals surface area contributed by atoms with Crippen LogP contribution >= 0.6 is 11.6 Å². The molecule has 9 nitrogen and oxygen atoms in total. The van der Waals surface area contributed by atoms with Gasteiger partial charge in [-0.15, -0.1) is 0 Å². The maximum Gasteiger partial charge on any atom is 0.219 e. The Kier molecular flexibility index (Phi) is 5.52. The maximum absolute atomic E-state index is 12.3. The van der Waals surface area contributed by atoms with Gasteiger partial charge >= 0.3 is 0 Å². The summed E-state index contributed by atoms with van der Waals surface area (Å²) in [6, 6.07) is 7.14. The molecular formula is C22H25ClN6O3S. The van der Waals surface area contributed by atoms with Gasteiger partial charge in [-0.1, -0.05) is 23.7 Å². The first-order valence-electron chi connectivity index (χ1n) is 11.0. The summed E-state index contributed by atoms with van der Waals surface area (Å²) < 4.78 is 26.6. The minimum Gasteiger partial charge on any atom is -0.351 e. The fourth-order valence-electron chi connectivity index (χ4n) is 4.68. The summed E-state index contributed by atoms with van der Waals surface area (Å²) in [7, 11) is -3.13. The molecule has 5 rings (SSSR count). The molecule has 11 heteroatoms. The fraction of sp³-hybridized carbons (Fsp3) is 0.455. The highest BCUT2D eigenvalue weighted by Gasteiger charge is 2.34. The molecule has 0 aliphatic carbocycles. The summed E-state index contributed by atoms with van der Waals surface area (Å²) in [4.78, 5) is 30.0. The van der Waals surface area contributed by atoms with Crippen LogP contribution in [0.3, 0.4) is 0 Å². The number of imidazole rings is 1. The van der Waals surface area contributed by atoms with Crippen molar-refractivity contribution in [2.24, 2.45) is 0 Å². The van der Waals surface area contributed by atoms with Gasteiger partial charge in [0.05, 0.1) is 22.6 Å². The number of anilines is 1. The highest BCUT2D eigenvalue weighted by molar-refractivity contribution is 7.91. The molecule has 0 bridgehead atoms. The lowest BCUT2D eigenvalue weighted by Crippen LogP contribution is -2.48. The van der Waals surface area contributed by atoms with Gasteiger partial charge in [0.15, 0.2) is 26.8 Å². The van der Waals surface area contributed by atoms with Crippen LogP contribution in [0.2, 0.25) is 5.02 Å². The average Bonchev–Trinajstić information content (AvgIpc) is 3.33. The van der Waals surface area contributed by atoms with Crippen LogP contribution in [0.4, 0.5) is 5.82 Å². The van der Waals surface area contributed by atoms with E-state index in [4.69, 9.17) is 26.6 Å². The predicted octanol–water partition coefficient (Wildman–Crippen LogP) is 2.48. The van der Waals surface area contributed by atoms with Crippen LogP contribution in [0.5, 0.6) is 0 Å². The molecule has 0 radical (unpaired) electrons. The van der Waals surface area contributed by atoms with Gasteiger partial charge in [-0.3, -0.25) is 4.79 Å². The van der Waals surface area contributed by atoms with Crippen LogP contribution in [0.1, 0.15) is 25.2 Å². The second-order valence-corrected chi connectivity index (χ2v) is 11.2. The minimum atomic E-state index is -3.13. The van der Waals surface area contributed by atoms with Crippen molar-refractivity contribution in [3.8, 4) is 11.4 Å². The van der Waals surface area contributed by atoms with E-state index in [0.717, 1.165) is 5.56 Å². The summed E-state index contributed by atoms with van der Waals surface area (Å²) in [5, 5.41) is 0.538. The van der Waals surface area contributed by atoms with Gasteiger partial charge in [0.25, 0.3) is 0 Å². The first kappa shape index (κ1) is 22.1. The van der Waals surface area contributed by atoms with Gasteiger partial charge in [0, 0.05) is 38.7 Å². The second-order valence-electron chi connectivity index (χ2n) is 8.60. The normalized spacial score (nSPS) is 20.5. The fourth-order valence-corrected chi connectivity index (χ4v) is 6.60. The molecule has 1 unspecified atom stereocenters. The summed E-state index contributed by atoms with van der Waals surface area (Å²) in [5.41, 5.74) is 1.96. The van der Waals surface area contributed by atoms with Gasteiger partial charge < -0.3 is 14.4 Å². The molecule has 0 saturated carbocycles. The molecule has 3 aromatic rings. The minimum absolute atomic E-state index is 0.0472. The number of fused-ring (bicyclic) bond motifs is 1. The van der Waals surface area contributed by atoms with E-state index in [9.17, 15) is 13.2 Å². The number of aromatic nitrogens is 4. The first-order valence-corrected chi connectivity index (χ1v) is 13.2. The maximum atomic E-state index is 12.3. The molecule has 4 heterocycles. The Labute approximate surface area is 197 Å². The van der Waals surface area contributed by atoms with E-state index in [2.05, 4.69) is 4.90 Å². The van der Waals surface area contributed by atoms with Crippen molar-refractivity contribution >= 4 is 44.3 Å². The number of rotatable bonds is 3. The predicted molar refractivity (Wildman–Crippen MR) is 127 cm³/mol. The molecule has 33 heavy (non-hydrogen) atoms. The largest absolute Gasteiger partial charge is 0.351 e. The van der Waals surface area contributed by atoms with Crippen molar-refractivity contribution in [3.63, 3.8) is 0 Å². The van der Waals surface area contributed by atoms with Crippen LogP contribution in [-0.4, -0.2) is 76.4 Å². The Morgan fingerprint density at radius 3 is 2.45 bits per heavy atom. The lowest BCUT2D eigenvalue weighted by Gasteiger charge is -2.35. The third kappa shape index (κ3) is 4.06.